The van der Waals surface area contributed by atoms with Crippen molar-refractivity contribution in [3.8, 4) is 0 Å². The second kappa shape index (κ2) is 7.51. The average Bonchev–Trinajstić information content (AvgIpc) is 1.90. The molecule has 2 heteroatoms. The molecular formula is C9H18O2. The van der Waals surface area contributed by atoms with Crippen LogP contribution in [0.1, 0.15) is 20.8 Å². The Balaban J connectivity index is 0. The normalized spacial score (nSPS) is 10.6. The van der Waals surface area contributed by atoms with Gasteiger partial charge < -0.3 is 10.2 Å². The monoisotopic (exact) mass is 158 g/mol. The van der Waals surface area contributed by atoms with Gasteiger partial charge in [0.25, 0.3) is 0 Å². The first-order chi connectivity index (χ1) is 4.97. The van der Waals surface area contributed by atoms with Crippen LogP contribution in [-0.2, 0) is 0 Å². The molecule has 0 aromatic carbocycles. The van der Waals surface area contributed by atoms with Gasteiger partial charge in [-0.15, -0.1) is 6.58 Å². The van der Waals surface area contributed by atoms with E-state index in [1.807, 2.05) is 6.92 Å². The maximum atomic E-state index is 8.71. The van der Waals surface area contributed by atoms with Gasteiger partial charge in [-0.25, -0.2) is 0 Å². The van der Waals surface area contributed by atoms with Gasteiger partial charge >= 0.3 is 0 Å². The van der Waals surface area contributed by atoms with Gasteiger partial charge in [-0.05, 0) is 20.8 Å². The predicted molar refractivity (Wildman–Crippen MR) is 48.4 cm³/mol. The van der Waals surface area contributed by atoms with Crippen molar-refractivity contribution in [1.29, 1.82) is 0 Å². The summed E-state index contributed by atoms with van der Waals surface area (Å²) in [5.74, 6) is 0. The molecule has 0 unspecified atom stereocenters. The van der Waals surface area contributed by atoms with Gasteiger partial charge in [-0.1, -0.05) is 18.2 Å². The van der Waals surface area contributed by atoms with E-state index in [-0.39, 0.29) is 6.61 Å². The topological polar surface area (TPSA) is 40.5 Å². The zero-order chi connectivity index (χ0) is 9.33. The van der Waals surface area contributed by atoms with Crippen LogP contribution < -0.4 is 0 Å². The van der Waals surface area contributed by atoms with Crippen LogP contribution in [0.3, 0.4) is 0 Å². The summed E-state index contributed by atoms with van der Waals surface area (Å²) < 4.78 is 0. The lowest BCUT2D eigenvalue weighted by Gasteiger charge is -2.07. The van der Waals surface area contributed by atoms with Crippen LogP contribution >= 0.6 is 0 Å². The second-order valence-electron chi connectivity index (χ2n) is 2.61. The van der Waals surface area contributed by atoms with Crippen molar-refractivity contribution in [2.75, 3.05) is 6.61 Å². The highest BCUT2D eigenvalue weighted by molar-refractivity contribution is 4.86. The SMILES string of the molecule is C=CC(C)(C)O.CC=CCO. The van der Waals surface area contributed by atoms with Gasteiger partial charge in [0.05, 0.1) is 12.2 Å². The average molecular weight is 158 g/mol. The van der Waals surface area contributed by atoms with E-state index in [0.717, 1.165) is 0 Å². The van der Waals surface area contributed by atoms with Crippen LogP contribution in [0.5, 0.6) is 0 Å². The molecule has 11 heavy (non-hydrogen) atoms. The van der Waals surface area contributed by atoms with Crippen LogP contribution in [0.25, 0.3) is 0 Å². The van der Waals surface area contributed by atoms with Crippen molar-refractivity contribution in [2.45, 2.75) is 26.4 Å². The van der Waals surface area contributed by atoms with E-state index in [1.165, 1.54) is 6.08 Å². The van der Waals surface area contributed by atoms with Crippen LogP contribution in [0.15, 0.2) is 24.8 Å². The first-order valence-electron chi connectivity index (χ1n) is 3.56. The fourth-order valence-electron chi connectivity index (χ4n) is 0.105. The first-order valence-corrected chi connectivity index (χ1v) is 3.56. The van der Waals surface area contributed by atoms with Gasteiger partial charge in [0.2, 0.25) is 0 Å². The van der Waals surface area contributed by atoms with Gasteiger partial charge in [-0.3, -0.25) is 0 Å². The summed E-state index contributed by atoms with van der Waals surface area (Å²) in [4.78, 5) is 0. The minimum absolute atomic E-state index is 0.163. The number of aliphatic hydroxyl groups excluding tert-OH is 1. The summed E-state index contributed by atoms with van der Waals surface area (Å²) in [7, 11) is 0. The predicted octanol–water partition coefficient (Wildman–Crippen LogP) is 1.50. The lowest BCUT2D eigenvalue weighted by Crippen LogP contribution is -2.12. The van der Waals surface area contributed by atoms with Crippen molar-refractivity contribution in [2.24, 2.45) is 0 Å². The van der Waals surface area contributed by atoms with Crippen molar-refractivity contribution in [3.05, 3.63) is 24.8 Å². The van der Waals surface area contributed by atoms with E-state index in [4.69, 9.17) is 10.2 Å². The summed E-state index contributed by atoms with van der Waals surface area (Å²) in [6, 6.07) is 0. The summed E-state index contributed by atoms with van der Waals surface area (Å²) in [5, 5.41) is 16.7. The zero-order valence-corrected chi connectivity index (χ0v) is 7.54. The number of hydrogen-bond donors (Lipinski definition) is 2. The molecular weight excluding hydrogens is 140 g/mol. The third-order valence-corrected chi connectivity index (χ3v) is 0.841. The Bertz CT molecular complexity index is 109. The maximum Gasteiger partial charge on any atom is 0.0769 e. The van der Waals surface area contributed by atoms with E-state index < -0.39 is 5.60 Å². The molecule has 0 saturated carbocycles. The molecule has 0 aromatic rings. The first kappa shape index (κ1) is 13.0. The molecule has 0 aliphatic carbocycles. The third kappa shape index (κ3) is 26.6. The number of hydrogen-bond acceptors (Lipinski definition) is 2. The Kier molecular flexibility index (Phi) is 8.89. The minimum Gasteiger partial charge on any atom is -0.392 e. The summed E-state index contributed by atoms with van der Waals surface area (Å²) >= 11 is 0. The van der Waals surface area contributed by atoms with Gasteiger partial charge in [0, 0.05) is 0 Å². The molecule has 0 saturated heterocycles. The molecule has 2 nitrogen and oxygen atoms in total. The smallest absolute Gasteiger partial charge is 0.0769 e. The van der Waals surface area contributed by atoms with Crippen molar-refractivity contribution < 1.29 is 10.2 Å². The highest BCUT2D eigenvalue weighted by Gasteiger charge is 2.02. The Morgan fingerprint density at radius 2 is 1.82 bits per heavy atom. The molecule has 0 atom stereocenters. The second-order valence-corrected chi connectivity index (χ2v) is 2.61. The Labute approximate surface area is 68.9 Å². The molecule has 0 rings (SSSR count). The third-order valence-electron chi connectivity index (χ3n) is 0.841. The summed E-state index contributed by atoms with van der Waals surface area (Å²) in [5.41, 5.74) is -0.694. The van der Waals surface area contributed by atoms with Crippen LogP contribution in [0, 0.1) is 0 Å². The molecule has 0 amide bonds. The molecule has 0 spiro atoms. The number of allylic oxidation sites excluding steroid dienone is 1. The summed E-state index contributed by atoms with van der Waals surface area (Å²) in [6.45, 7) is 8.78. The molecule has 0 fully saturated rings. The molecule has 0 aromatic heterocycles. The van der Waals surface area contributed by atoms with E-state index in [9.17, 15) is 0 Å². The Morgan fingerprint density at radius 3 is 1.82 bits per heavy atom. The number of aliphatic hydroxyl groups is 2. The molecule has 0 aliphatic rings. The molecule has 0 heterocycles. The van der Waals surface area contributed by atoms with Gasteiger partial charge in [-0.2, -0.15) is 0 Å². The quantitative estimate of drug-likeness (QED) is 0.598. The maximum absolute atomic E-state index is 8.71. The van der Waals surface area contributed by atoms with Gasteiger partial charge in [0.1, 0.15) is 0 Å². The minimum atomic E-state index is -0.694. The van der Waals surface area contributed by atoms with Crippen LogP contribution in [0.4, 0.5) is 0 Å². The highest BCUT2D eigenvalue weighted by Crippen LogP contribution is 1.98. The van der Waals surface area contributed by atoms with Crippen LogP contribution in [-0.4, -0.2) is 22.4 Å². The zero-order valence-electron chi connectivity index (χ0n) is 7.54. The molecule has 0 radical (unpaired) electrons. The summed E-state index contributed by atoms with van der Waals surface area (Å²) in [6.07, 6.45) is 4.98. The molecule has 66 valence electrons. The van der Waals surface area contributed by atoms with Gasteiger partial charge in [0.15, 0.2) is 0 Å². The van der Waals surface area contributed by atoms with Crippen molar-refractivity contribution in [1.82, 2.24) is 0 Å². The fourth-order valence-corrected chi connectivity index (χ4v) is 0.105. The van der Waals surface area contributed by atoms with Crippen molar-refractivity contribution >= 4 is 0 Å². The Hall–Kier alpha value is -0.600. The van der Waals surface area contributed by atoms with Crippen LogP contribution in [0.2, 0.25) is 0 Å². The van der Waals surface area contributed by atoms with E-state index in [2.05, 4.69) is 6.58 Å². The lowest BCUT2D eigenvalue weighted by molar-refractivity contribution is 0.133. The molecule has 0 aliphatic heterocycles. The molecule has 2 N–H and O–H groups in total. The fraction of sp³-hybridized carbons (Fsp3) is 0.556. The standard InChI is InChI=1S/C5H10O.C4H8O/c1-4-5(2,3)6;1-2-3-4-5/h4,6H,1H2,2-3H3;2-3,5H,4H2,1H3. The Morgan fingerprint density at radius 1 is 1.45 bits per heavy atom. The van der Waals surface area contributed by atoms with E-state index in [1.54, 1.807) is 26.0 Å². The number of rotatable bonds is 2. The lowest BCUT2D eigenvalue weighted by atomic mass is 10.1. The highest BCUT2D eigenvalue weighted by atomic mass is 16.3. The van der Waals surface area contributed by atoms with E-state index >= 15 is 0 Å². The largest absolute Gasteiger partial charge is 0.392 e. The van der Waals surface area contributed by atoms with Crippen molar-refractivity contribution in [3.63, 3.8) is 0 Å². The molecule has 0 bridgehead atoms. The van der Waals surface area contributed by atoms with E-state index in [0.29, 0.717) is 0 Å².